The maximum atomic E-state index is 13.0. The number of hydrogen-bond acceptors (Lipinski definition) is 6. The normalized spacial score (nSPS) is 48.1. The Morgan fingerprint density at radius 2 is 1.56 bits per heavy atom. The Kier molecular flexibility index (Phi) is 7.23. The number of cyclic esters (lactones) is 1. The summed E-state index contributed by atoms with van der Waals surface area (Å²) in [7, 11) is 0. The van der Waals surface area contributed by atoms with Gasteiger partial charge in [0, 0.05) is 0 Å². The van der Waals surface area contributed by atoms with E-state index in [4.69, 9.17) is 4.74 Å². The van der Waals surface area contributed by atoms with Crippen LogP contribution >= 0.6 is 0 Å². The molecule has 13 atom stereocenters. The highest BCUT2D eigenvalue weighted by Gasteiger charge is 2.63. The van der Waals surface area contributed by atoms with E-state index in [0.717, 1.165) is 25.7 Å². The molecule has 1 saturated heterocycles. The van der Waals surface area contributed by atoms with E-state index in [1.807, 2.05) is 6.92 Å². The third-order valence-electron chi connectivity index (χ3n) is 11.5. The number of carbonyl (C=O) groups is 1. The van der Waals surface area contributed by atoms with Crippen LogP contribution in [0.4, 0.5) is 0 Å². The molecule has 3 saturated carbocycles. The molecule has 0 amide bonds. The lowest BCUT2D eigenvalue weighted by Gasteiger charge is -2.56. The van der Waals surface area contributed by atoms with Crippen molar-refractivity contribution in [1.29, 1.82) is 0 Å². The number of esters is 1. The topological polar surface area (TPSA) is 107 Å². The number of fused-ring (bicyclic) bond motifs is 5. The number of carbonyl (C=O) groups excluding carboxylic acids is 1. The lowest BCUT2D eigenvalue weighted by molar-refractivity contribution is -0.162. The zero-order valence-electron chi connectivity index (χ0n) is 22.0. The Labute approximate surface area is 205 Å². The second-order valence-electron chi connectivity index (χ2n) is 13.3. The molecule has 1 aliphatic heterocycles. The minimum absolute atomic E-state index is 0.00827. The van der Waals surface area contributed by atoms with E-state index >= 15 is 0 Å². The number of aliphatic hydroxyl groups is 4. The molecule has 6 nitrogen and oxygen atoms in total. The first kappa shape index (κ1) is 26.4. The number of rotatable bonds is 5. The van der Waals surface area contributed by atoms with Gasteiger partial charge in [0.1, 0.15) is 0 Å². The van der Waals surface area contributed by atoms with Gasteiger partial charge in [-0.2, -0.15) is 0 Å². The molecule has 0 aromatic rings. The standard InChI is InChI=1S/C28H48O6/c1-14(2)15(3)24(31)25(32)16(4)18-7-8-19-17-13-34-26(33)21-11-22(29)23(30)12-28(21,6)20(17)9-10-27(18,19)5/h14-25,29-32H,7-13H2,1-6H3/t15-,16-,17-,18+,19-,20-,21+,22-,23-,24+,25+,27+,28+/m0/s1. The summed E-state index contributed by atoms with van der Waals surface area (Å²) in [6.45, 7) is 13.2. The molecule has 0 aromatic heterocycles. The minimum atomic E-state index is -0.867. The Balaban J connectivity index is 1.58. The van der Waals surface area contributed by atoms with E-state index in [2.05, 4.69) is 34.6 Å². The van der Waals surface area contributed by atoms with Crippen molar-refractivity contribution in [2.24, 2.45) is 58.2 Å². The quantitative estimate of drug-likeness (QED) is 0.450. The molecule has 6 heteroatoms. The van der Waals surface area contributed by atoms with Crippen molar-refractivity contribution in [3.63, 3.8) is 0 Å². The molecule has 0 unspecified atom stereocenters. The molecule has 4 aliphatic rings. The average molecular weight is 481 g/mol. The molecule has 0 spiro atoms. The summed E-state index contributed by atoms with van der Waals surface area (Å²) in [6, 6.07) is 0. The van der Waals surface area contributed by atoms with Crippen LogP contribution in [0, 0.1) is 58.2 Å². The lowest BCUT2D eigenvalue weighted by Crippen LogP contribution is -2.55. The van der Waals surface area contributed by atoms with Crippen LogP contribution in [0.5, 0.6) is 0 Å². The van der Waals surface area contributed by atoms with Gasteiger partial charge in [-0.05, 0) is 90.8 Å². The summed E-state index contributed by atoms with van der Waals surface area (Å²) in [6.07, 6.45) is 1.61. The Morgan fingerprint density at radius 1 is 0.912 bits per heavy atom. The minimum Gasteiger partial charge on any atom is -0.465 e. The second-order valence-corrected chi connectivity index (χ2v) is 13.3. The van der Waals surface area contributed by atoms with Gasteiger partial charge in [-0.1, -0.05) is 41.5 Å². The van der Waals surface area contributed by atoms with Gasteiger partial charge < -0.3 is 25.2 Å². The molecule has 3 aliphatic carbocycles. The van der Waals surface area contributed by atoms with Crippen LogP contribution < -0.4 is 0 Å². The second kappa shape index (κ2) is 9.32. The van der Waals surface area contributed by atoms with Crippen LogP contribution in [0.1, 0.15) is 80.1 Å². The van der Waals surface area contributed by atoms with E-state index in [1.54, 1.807) is 0 Å². The summed E-state index contributed by atoms with van der Waals surface area (Å²) in [4.78, 5) is 13.0. The van der Waals surface area contributed by atoms with Crippen LogP contribution in [0.15, 0.2) is 0 Å². The number of ether oxygens (including phenoxy) is 1. The number of hydrogen-bond donors (Lipinski definition) is 4. The molecule has 0 radical (unpaired) electrons. The predicted octanol–water partition coefficient (Wildman–Crippen LogP) is 3.39. The molecule has 196 valence electrons. The fraction of sp³-hybridized carbons (Fsp3) is 0.964. The molecule has 4 fully saturated rings. The molecule has 1 heterocycles. The number of aliphatic hydroxyl groups excluding tert-OH is 4. The van der Waals surface area contributed by atoms with Crippen LogP contribution in [0.3, 0.4) is 0 Å². The van der Waals surface area contributed by atoms with Gasteiger partial charge in [-0.15, -0.1) is 0 Å². The zero-order chi connectivity index (χ0) is 25.2. The van der Waals surface area contributed by atoms with Crippen LogP contribution in [-0.2, 0) is 9.53 Å². The highest BCUT2D eigenvalue weighted by atomic mass is 16.5. The zero-order valence-corrected chi connectivity index (χ0v) is 22.0. The summed E-state index contributed by atoms with van der Waals surface area (Å²) in [5.74, 6) is 0.948. The van der Waals surface area contributed by atoms with E-state index in [1.165, 1.54) is 0 Å². The van der Waals surface area contributed by atoms with Gasteiger partial charge in [0.05, 0.1) is 36.9 Å². The fourth-order valence-corrected chi connectivity index (χ4v) is 8.95. The van der Waals surface area contributed by atoms with Crippen molar-refractivity contribution in [2.75, 3.05) is 6.61 Å². The highest BCUT2D eigenvalue weighted by Crippen LogP contribution is 2.66. The first-order valence-electron chi connectivity index (χ1n) is 13.7. The van der Waals surface area contributed by atoms with Crippen molar-refractivity contribution >= 4 is 5.97 Å². The van der Waals surface area contributed by atoms with Crippen LogP contribution in [-0.4, -0.2) is 57.4 Å². The van der Waals surface area contributed by atoms with E-state index in [-0.39, 0.29) is 52.8 Å². The summed E-state index contributed by atoms with van der Waals surface area (Å²) in [5.41, 5.74) is -0.345. The van der Waals surface area contributed by atoms with Gasteiger partial charge in [-0.3, -0.25) is 4.79 Å². The van der Waals surface area contributed by atoms with Gasteiger partial charge in [-0.25, -0.2) is 0 Å². The van der Waals surface area contributed by atoms with Gasteiger partial charge in [0.2, 0.25) is 0 Å². The van der Waals surface area contributed by atoms with E-state index < -0.39 is 24.4 Å². The average Bonchev–Trinajstić information content (AvgIpc) is 3.09. The van der Waals surface area contributed by atoms with Crippen molar-refractivity contribution in [1.82, 2.24) is 0 Å². The summed E-state index contributed by atoms with van der Waals surface area (Å²) >= 11 is 0. The highest BCUT2D eigenvalue weighted by molar-refractivity contribution is 5.74. The third kappa shape index (κ3) is 4.05. The first-order chi connectivity index (χ1) is 15.8. The summed E-state index contributed by atoms with van der Waals surface area (Å²) in [5, 5.41) is 42.9. The van der Waals surface area contributed by atoms with Crippen molar-refractivity contribution in [3.05, 3.63) is 0 Å². The smallest absolute Gasteiger partial charge is 0.309 e. The Bertz CT molecular complexity index is 755. The Hall–Kier alpha value is -0.690. The molecule has 34 heavy (non-hydrogen) atoms. The van der Waals surface area contributed by atoms with Crippen molar-refractivity contribution in [3.8, 4) is 0 Å². The van der Waals surface area contributed by atoms with E-state index in [0.29, 0.717) is 30.8 Å². The monoisotopic (exact) mass is 480 g/mol. The fourth-order valence-electron chi connectivity index (χ4n) is 8.95. The van der Waals surface area contributed by atoms with Gasteiger partial charge in [0.15, 0.2) is 0 Å². The largest absolute Gasteiger partial charge is 0.465 e. The maximum Gasteiger partial charge on any atom is 0.309 e. The summed E-state index contributed by atoms with van der Waals surface area (Å²) < 4.78 is 5.86. The van der Waals surface area contributed by atoms with Crippen molar-refractivity contribution < 1.29 is 30.0 Å². The van der Waals surface area contributed by atoms with Crippen molar-refractivity contribution in [2.45, 2.75) is 104 Å². The van der Waals surface area contributed by atoms with Crippen LogP contribution in [0.2, 0.25) is 0 Å². The van der Waals surface area contributed by atoms with Crippen LogP contribution in [0.25, 0.3) is 0 Å². The maximum absolute atomic E-state index is 13.0. The lowest BCUT2D eigenvalue weighted by atomic mass is 9.48. The first-order valence-corrected chi connectivity index (χ1v) is 13.7. The molecule has 0 bridgehead atoms. The third-order valence-corrected chi connectivity index (χ3v) is 11.5. The molecule has 0 aromatic carbocycles. The molecular formula is C28H48O6. The molecule has 4 rings (SSSR count). The van der Waals surface area contributed by atoms with Gasteiger partial charge >= 0.3 is 5.97 Å². The molecule has 4 N–H and O–H groups in total. The predicted molar refractivity (Wildman–Crippen MR) is 130 cm³/mol. The SMILES string of the molecule is CC(C)[C@H](C)[C@@H](O)[C@H](O)[C@@H](C)[C@H]1CC[C@H]2[C@@H]3COC(=O)[C@H]4C[C@H](O)[C@@H](O)C[C@]4(C)[C@H]3CC[C@]12C. The Morgan fingerprint density at radius 3 is 2.21 bits per heavy atom. The van der Waals surface area contributed by atoms with E-state index in [9.17, 15) is 25.2 Å². The van der Waals surface area contributed by atoms with Gasteiger partial charge in [0.25, 0.3) is 0 Å². The molecular weight excluding hydrogens is 432 g/mol.